The van der Waals surface area contributed by atoms with Crippen molar-refractivity contribution in [1.29, 1.82) is 0 Å². The van der Waals surface area contributed by atoms with Crippen LogP contribution in [-0.2, 0) is 4.57 Å². The van der Waals surface area contributed by atoms with Gasteiger partial charge in [0.15, 0.2) is 0 Å². The lowest BCUT2D eigenvalue weighted by Gasteiger charge is -2.38. The van der Waals surface area contributed by atoms with Crippen molar-refractivity contribution in [2.45, 2.75) is 63.6 Å². The largest absolute Gasteiger partial charge is 0.396 e. The van der Waals surface area contributed by atoms with Gasteiger partial charge in [0.25, 0.3) is 0 Å². The molecule has 126 valence electrons. The van der Waals surface area contributed by atoms with Gasteiger partial charge in [-0.1, -0.05) is 6.92 Å². The predicted octanol–water partition coefficient (Wildman–Crippen LogP) is 2.04. The lowest BCUT2D eigenvalue weighted by Crippen LogP contribution is -2.40. The predicted molar refractivity (Wildman–Crippen MR) is 86.0 cm³/mol. The number of aliphatic hydroxyl groups is 2. The quantitative estimate of drug-likeness (QED) is 0.537. The molecule has 0 aromatic carbocycles. The first-order chi connectivity index (χ1) is 10.0. The van der Waals surface area contributed by atoms with Crippen LogP contribution >= 0.6 is 7.37 Å². The van der Waals surface area contributed by atoms with Crippen LogP contribution in [0.25, 0.3) is 0 Å². The zero-order chi connectivity index (χ0) is 15.7. The standard InChI is InChI=1S/C15H32NO4P/c1-2-13-21(19,20)15-7-5-14(6-8-15)16(9-3-11-17)10-4-12-18/h14-15,17-18H,2-13H2,1H3,(H,19,20). The molecule has 0 saturated heterocycles. The Labute approximate surface area is 128 Å². The molecule has 0 spiro atoms. The van der Waals surface area contributed by atoms with Gasteiger partial charge < -0.3 is 20.0 Å². The van der Waals surface area contributed by atoms with E-state index in [-0.39, 0.29) is 18.9 Å². The van der Waals surface area contributed by atoms with Crippen LogP contribution in [0.2, 0.25) is 0 Å². The molecule has 3 N–H and O–H groups in total. The van der Waals surface area contributed by atoms with Crippen molar-refractivity contribution in [2.24, 2.45) is 0 Å². The normalized spacial score (nSPS) is 26.0. The third-order valence-electron chi connectivity index (χ3n) is 4.50. The van der Waals surface area contributed by atoms with Gasteiger partial charge in [0.05, 0.1) is 0 Å². The molecule has 1 rings (SSSR count). The monoisotopic (exact) mass is 321 g/mol. The van der Waals surface area contributed by atoms with Crippen LogP contribution in [0.15, 0.2) is 0 Å². The molecule has 0 radical (unpaired) electrons. The Morgan fingerprint density at radius 3 is 2.00 bits per heavy atom. The van der Waals surface area contributed by atoms with Crippen molar-refractivity contribution < 1.29 is 19.7 Å². The Hall–Kier alpha value is 0.0700. The fourth-order valence-corrected chi connectivity index (χ4v) is 5.47. The minimum atomic E-state index is -2.97. The number of aliphatic hydroxyl groups excluding tert-OH is 2. The van der Waals surface area contributed by atoms with Crippen LogP contribution < -0.4 is 0 Å². The van der Waals surface area contributed by atoms with Gasteiger partial charge in [-0.2, -0.15) is 0 Å². The van der Waals surface area contributed by atoms with E-state index in [0.29, 0.717) is 12.2 Å². The Morgan fingerprint density at radius 2 is 1.57 bits per heavy atom. The van der Waals surface area contributed by atoms with Crippen LogP contribution in [0, 0.1) is 0 Å². The highest BCUT2D eigenvalue weighted by Crippen LogP contribution is 2.52. The number of hydrogen-bond donors (Lipinski definition) is 3. The van der Waals surface area contributed by atoms with Crippen LogP contribution in [0.3, 0.4) is 0 Å². The Bertz CT molecular complexity index is 311. The lowest BCUT2D eigenvalue weighted by atomic mass is 9.93. The van der Waals surface area contributed by atoms with E-state index in [1.165, 1.54) is 0 Å². The molecule has 0 bridgehead atoms. The fraction of sp³-hybridized carbons (Fsp3) is 1.00. The van der Waals surface area contributed by atoms with E-state index in [0.717, 1.165) is 58.0 Å². The molecule has 5 nitrogen and oxygen atoms in total. The van der Waals surface area contributed by atoms with E-state index >= 15 is 0 Å². The van der Waals surface area contributed by atoms with Gasteiger partial charge in [-0.05, 0) is 44.9 Å². The third-order valence-corrected chi connectivity index (χ3v) is 7.25. The minimum Gasteiger partial charge on any atom is -0.396 e. The number of hydrogen-bond acceptors (Lipinski definition) is 4. The molecule has 0 amide bonds. The van der Waals surface area contributed by atoms with E-state index in [9.17, 15) is 9.46 Å². The van der Waals surface area contributed by atoms with E-state index in [1.54, 1.807) is 0 Å². The second-order valence-corrected chi connectivity index (χ2v) is 8.82. The van der Waals surface area contributed by atoms with E-state index in [4.69, 9.17) is 10.2 Å². The van der Waals surface area contributed by atoms with Gasteiger partial charge in [-0.25, -0.2) is 0 Å². The molecule has 6 heteroatoms. The van der Waals surface area contributed by atoms with Crippen molar-refractivity contribution in [2.75, 3.05) is 32.5 Å². The zero-order valence-electron chi connectivity index (χ0n) is 13.3. The molecule has 1 saturated carbocycles. The van der Waals surface area contributed by atoms with Gasteiger partial charge in [-0.15, -0.1) is 0 Å². The summed E-state index contributed by atoms with van der Waals surface area (Å²) >= 11 is 0. The molecular formula is C15H32NO4P. The molecule has 1 unspecified atom stereocenters. The smallest absolute Gasteiger partial charge is 0.203 e. The molecule has 0 aromatic heterocycles. The second-order valence-electron chi connectivity index (χ2n) is 6.13. The summed E-state index contributed by atoms with van der Waals surface area (Å²) in [7, 11) is -2.97. The summed E-state index contributed by atoms with van der Waals surface area (Å²) in [6, 6.07) is 0.431. The molecule has 1 atom stereocenters. The first-order valence-corrected chi connectivity index (χ1v) is 10.2. The van der Waals surface area contributed by atoms with Gasteiger partial charge in [0, 0.05) is 44.2 Å². The first-order valence-electron chi connectivity index (χ1n) is 8.32. The Morgan fingerprint density at radius 1 is 1.05 bits per heavy atom. The van der Waals surface area contributed by atoms with Crippen molar-refractivity contribution in [1.82, 2.24) is 4.90 Å². The third kappa shape index (κ3) is 6.37. The van der Waals surface area contributed by atoms with Crippen molar-refractivity contribution in [3.8, 4) is 0 Å². The molecule has 0 aliphatic heterocycles. The van der Waals surface area contributed by atoms with Gasteiger partial charge >= 0.3 is 0 Å². The van der Waals surface area contributed by atoms with Crippen LogP contribution in [0.1, 0.15) is 51.9 Å². The molecule has 1 aliphatic carbocycles. The zero-order valence-corrected chi connectivity index (χ0v) is 14.2. The van der Waals surface area contributed by atoms with Crippen molar-refractivity contribution in [3.63, 3.8) is 0 Å². The topological polar surface area (TPSA) is 81.0 Å². The summed E-state index contributed by atoms with van der Waals surface area (Å²) in [6.45, 7) is 4.02. The fourth-order valence-electron chi connectivity index (χ4n) is 3.35. The maximum absolute atomic E-state index is 12.3. The van der Waals surface area contributed by atoms with Crippen molar-refractivity contribution >= 4 is 7.37 Å². The average molecular weight is 321 g/mol. The maximum atomic E-state index is 12.3. The highest BCUT2D eigenvalue weighted by molar-refractivity contribution is 7.58. The Kier molecular flexibility index (Phi) is 9.07. The number of rotatable bonds is 10. The number of nitrogens with zero attached hydrogens (tertiary/aromatic N) is 1. The molecule has 1 fully saturated rings. The van der Waals surface area contributed by atoms with Crippen molar-refractivity contribution in [3.05, 3.63) is 0 Å². The summed E-state index contributed by atoms with van der Waals surface area (Å²) in [5.74, 6) is 0. The van der Waals surface area contributed by atoms with Gasteiger partial charge in [0.2, 0.25) is 7.37 Å². The Balaban J connectivity index is 2.49. The molecule has 0 heterocycles. The average Bonchev–Trinajstić information content (AvgIpc) is 2.47. The lowest BCUT2D eigenvalue weighted by molar-refractivity contribution is 0.130. The summed E-state index contributed by atoms with van der Waals surface area (Å²) in [6.07, 6.45) is 6.28. The van der Waals surface area contributed by atoms with Crippen LogP contribution in [-0.4, -0.2) is 64.2 Å². The summed E-state index contributed by atoms with van der Waals surface area (Å²) in [5, 5.41) is 18.0. The first kappa shape index (κ1) is 19.1. The summed E-state index contributed by atoms with van der Waals surface area (Å²) < 4.78 is 12.3. The summed E-state index contributed by atoms with van der Waals surface area (Å²) in [5.41, 5.74) is -0.0220. The van der Waals surface area contributed by atoms with Crippen LogP contribution in [0.4, 0.5) is 0 Å². The van der Waals surface area contributed by atoms with Gasteiger partial charge in [-0.3, -0.25) is 4.57 Å². The minimum absolute atomic E-state index is 0.0220. The SMILES string of the molecule is CCCP(=O)(O)C1CCC(N(CCCO)CCCO)CC1. The second kappa shape index (κ2) is 9.96. The highest BCUT2D eigenvalue weighted by atomic mass is 31.2. The van der Waals surface area contributed by atoms with Crippen LogP contribution in [0.5, 0.6) is 0 Å². The molecule has 21 heavy (non-hydrogen) atoms. The van der Waals surface area contributed by atoms with Gasteiger partial charge in [0.1, 0.15) is 0 Å². The van der Waals surface area contributed by atoms with E-state index in [1.807, 2.05) is 6.92 Å². The van der Waals surface area contributed by atoms with E-state index in [2.05, 4.69) is 4.90 Å². The highest BCUT2D eigenvalue weighted by Gasteiger charge is 2.35. The maximum Gasteiger partial charge on any atom is 0.203 e. The molecule has 1 aliphatic rings. The summed E-state index contributed by atoms with van der Waals surface area (Å²) in [4.78, 5) is 12.5. The molecular weight excluding hydrogens is 289 g/mol. The van der Waals surface area contributed by atoms with E-state index < -0.39 is 7.37 Å². The molecule has 0 aromatic rings.